The summed E-state index contributed by atoms with van der Waals surface area (Å²) in [5.74, 6) is -0.517. The molecule has 34 heavy (non-hydrogen) atoms. The van der Waals surface area contributed by atoms with Gasteiger partial charge in [0.25, 0.3) is 5.56 Å². The molecule has 7 nitrogen and oxygen atoms in total. The molecule has 0 spiro atoms. The molecular weight excluding hydrogens is 440 g/mol. The number of hydrogen-bond acceptors (Lipinski definition) is 4. The number of hydrogen-bond donors (Lipinski definition) is 2. The third-order valence-corrected chi connectivity index (χ3v) is 6.49. The van der Waals surface area contributed by atoms with Gasteiger partial charge in [-0.2, -0.15) is 0 Å². The van der Waals surface area contributed by atoms with E-state index < -0.39 is 5.82 Å². The number of H-pyrrole nitrogens is 1. The van der Waals surface area contributed by atoms with E-state index in [1.807, 2.05) is 12.1 Å². The first kappa shape index (κ1) is 22.2. The summed E-state index contributed by atoms with van der Waals surface area (Å²) in [5.41, 5.74) is 1.57. The summed E-state index contributed by atoms with van der Waals surface area (Å²) in [4.78, 5) is 34.8. The fourth-order valence-electron chi connectivity index (χ4n) is 4.56. The lowest BCUT2D eigenvalue weighted by atomic mass is 9.96. The second kappa shape index (κ2) is 9.34. The Kier molecular flexibility index (Phi) is 6.10. The van der Waals surface area contributed by atoms with Crippen LogP contribution in [0.25, 0.3) is 21.9 Å². The van der Waals surface area contributed by atoms with Gasteiger partial charge in [-0.3, -0.25) is 19.1 Å². The maximum atomic E-state index is 13.9. The van der Waals surface area contributed by atoms with Gasteiger partial charge in [-0.05, 0) is 56.1 Å². The molecule has 9 heteroatoms. The normalized spacial score (nSPS) is 15.2. The van der Waals surface area contributed by atoms with Gasteiger partial charge in [0.1, 0.15) is 29.2 Å². The van der Waals surface area contributed by atoms with Gasteiger partial charge in [0.15, 0.2) is 0 Å². The summed E-state index contributed by atoms with van der Waals surface area (Å²) in [7, 11) is 0. The molecule has 0 atom stereocenters. The van der Waals surface area contributed by atoms with Crippen molar-refractivity contribution in [2.75, 3.05) is 19.6 Å². The molecule has 176 valence electrons. The summed E-state index contributed by atoms with van der Waals surface area (Å²) in [6, 6.07) is 11.0. The standard InChI is InChI=1S/C25H25F2N5O2/c26-18-5-6-21-19(11-18)23-24(30-21)25(34)32(15-29-23)14-22(33)28-12-16-7-9-31(10-8-16)13-17-3-1-2-4-20(17)27/h1-6,11,15-16,30H,7-10,12-14H2,(H,28,33). The Morgan fingerprint density at radius 1 is 1.15 bits per heavy atom. The first-order valence-electron chi connectivity index (χ1n) is 11.4. The molecule has 4 aromatic rings. The number of carbonyl (C=O) groups is 1. The summed E-state index contributed by atoms with van der Waals surface area (Å²) in [5, 5.41) is 3.45. The van der Waals surface area contributed by atoms with E-state index in [0.29, 0.717) is 41.0 Å². The van der Waals surface area contributed by atoms with E-state index in [4.69, 9.17) is 0 Å². The Morgan fingerprint density at radius 2 is 1.94 bits per heavy atom. The number of halogens is 2. The smallest absolute Gasteiger partial charge is 0.278 e. The highest BCUT2D eigenvalue weighted by Gasteiger charge is 2.21. The van der Waals surface area contributed by atoms with Gasteiger partial charge >= 0.3 is 0 Å². The van der Waals surface area contributed by atoms with Gasteiger partial charge in [0, 0.05) is 29.6 Å². The molecule has 2 aromatic carbocycles. The molecule has 0 aliphatic carbocycles. The third-order valence-electron chi connectivity index (χ3n) is 6.49. The molecule has 1 fully saturated rings. The topological polar surface area (TPSA) is 83.0 Å². The number of benzene rings is 2. The Morgan fingerprint density at radius 3 is 2.74 bits per heavy atom. The van der Waals surface area contributed by atoms with Crippen LogP contribution < -0.4 is 10.9 Å². The van der Waals surface area contributed by atoms with Gasteiger partial charge < -0.3 is 10.3 Å². The highest BCUT2D eigenvalue weighted by atomic mass is 19.1. The van der Waals surface area contributed by atoms with Crippen LogP contribution in [0.1, 0.15) is 18.4 Å². The van der Waals surface area contributed by atoms with Crippen molar-refractivity contribution in [3.8, 4) is 0 Å². The highest BCUT2D eigenvalue weighted by molar-refractivity contribution is 6.04. The predicted octanol–water partition coefficient (Wildman–Crippen LogP) is 3.18. The maximum Gasteiger partial charge on any atom is 0.278 e. The maximum absolute atomic E-state index is 13.9. The second-order valence-electron chi connectivity index (χ2n) is 8.83. The number of likely N-dealkylation sites (tertiary alicyclic amines) is 1. The number of aromatic amines is 1. The van der Waals surface area contributed by atoms with Crippen LogP contribution in [0.15, 0.2) is 53.6 Å². The number of nitrogens with one attached hydrogen (secondary N) is 2. The van der Waals surface area contributed by atoms with Crippen molar-refractivity contribution >= 4 is 27.8 Å². The average Bonchev–Trinajstić information content (AvgIpc) is 3.20. The largest absolute Gasteiger partial charge is 0.354 e. The van der Waals surface area contributed by atoms with E-state index in [9.17, 15) is 18.4 Å². The van der Waals surface area contributed by atoms with Crippen LogP contribution in [0.5, 0.6) is 0 Å². The number of nitrogens with zero attached hydrogens (tertiary/aromatic N) is 3. The van der Waals surface area contributed by atoms with Gasteiger partial charge in [-0.25, -0.2) is 13.8 Å². The van der Waals surface area contributed by atoms with Crippen molar-refractivity contribution < 1.29 is 13.6 Å². The van der Waals surface area contributed by atoms with Crippen LogP contribution in [-0.4, -0.2) is 45.0 Å². The first-order valence-corrected chi connectivity index (χ1v) is 11.4. The zero-order chi connectivity index (χ0) is 23.7. The molecule has 1 amide bonds. The molecule has 2 N–H and O–H groups in total. The van der Waals surface area contributed by atoms with E-state index in [0.717, 1.165) is 25.9 Å². The lowest BCUT2D eigenvalue weighted by molar-refractivity contribution is -0.122. The van der Waals surface area contributed by atoms with Crippen molar-refractivity contribution in [1.29, 1.82) is 0 Å². The Hall–Kier alpha value is -3.59. The first-order chi connectivity index (χ1) is 16.5. The molecular formula is C25H25F2N5O2. The monoisotopic (exact) mass is 465 g/mol. The predicted molar refractivity (Wildman–Crippen MR) is 125 cm³/mol. The minimum atomic E-state index is -0.406. The van der Waals surface area contributed by atoms with Crippen LogP contribution in [0.4, 0.5) is 8.78 Å². The van der Waals surface area contributed by atoms with Crippen molar-refractivity contribution in [3.63, 3.8) is 0 Å². The fraction of sp³-hybridized carbons (Fsp3) is 0.320. The molecule has 0 radical (unpaired) electrons. The van der Waals surface area contributed by atoms with E-state index in [1.165, 1.54) is 29.1 Å². The fourth-order valence-corrected chi connectivity index (χ4v) is 4.56. The van der Waals surface area contributed by atoms with E-state index in [1.54, 1.807) is 12.1 Å². The molecule has 5 rings (SSSR count). The van der Waals surface area contributed by atoms with E-state index >= 15 is 0 Å². The van der Waals surface area contributed by atoms with Crippen LogP contribution >= 0.6 is 0 Å². The van der Waals surface area contributed by atoms with Crippen LogP contribution in [-0.2, 0) is 17.9 Å². The van der Waals surface area contributed by atoms with Crippen molar-refractivity contribution in [2.45, 2.75) is 25.9 Å². The minimum Gasteiger partial charge on any atom is -0.354 e. The van der Waals surface area contributed by atoms with Crippen LogP contribution in [0, 0.1) is 17.6 Å². The molecule has 0 saturated carbocycles. The second-order valence-corrected chi connectivity index (χ2v) is 8.83. The zero-order valence-corrected chi connectivity index (χ0v) is 18.6. The molecule has 1 saturated heterocycles. The van der Waals surface area contributed by atoms with E-state index in [-0.39, 0.29) is 29.3 Å². The van der Waals surface area contributed by atoms with Crippen molar-refractivity contribution in [1.82, 2.24) is 24.8 Å². The minimum absolute atomic E-state index is 0.141. The van der Waals surface area contributed by atoms with Crippen molar-refractivity contribution in [3.05, 3.63) is 76.3 Å². The van der Waals surface area contributed by atoms with Crippen molar-refractivity contribution in [2.24, 2.45) is 5.92 Å². The molecule has 1 aliphatic rings. The quantitative estimate of drug-likeness (QED) is 0.458. The van der Waals surface area contributed by atoms with Gasteiger partial charge in [-0.1, -0.05) is 18.2 Å². The number of fused-ring (bicyclic) bond motifs is 3. The molecule has 3 heterocycles. The Labute approximate surface area is 194 Å². The molecule has 0 unspecified atom stereocenters. The number of aromatic nitrogens is 3. The number of carbonyl (C=O) groups excluding carboxylic acids is 1. The van der Waals surface area contributed by atoms with Gasteiger partial charge in [0.2, 0.25) is 5.91 Å². The average molecular weight is 466 g/mol. The van der Waals surface area contributed by atoms with E-state index in [2.05, 4.69) is 20.2 Å². The highest BCUT2D eigenvalue weighted by Crippen LogP contribution is 2.22. The summed E-state index contributed by atoms with van der Waals surface area (Å²) >= 11 is 0. The lowest BCUT2D eigenvalue weighted by Crippen LogP contribution is -2.40. The third kappa shape index (κ3) is 4.56. The molecule has 1 aliphatic heterocycles. The lowest BCUT2D eigenvalue weighted by Gasteiger charge is -2.32. The summed E-state index contributed by atoms with van der Waals surface area (Å²) in [6.07, 6.45) is 3.14. The molecule has 0 bridgehead atoms. The molecule has 2 aromatic heterocycles. The SMILES string of the molecule is O=C(Cn1cnc2c([nH]c3ccc(F)cc32)c1=O)NCC1CCN(Cc2ccccc2F)CC1. The number of piperidine rings is 1. The van der Waals surface area contributed by atoms with Gasteiger partial charge in [-0.15, -0.1) is 0 Å². The Balaban J connectivity index is 1.15. The zero-order valence-electron chi connectivity index (χ0n) is 18.6. The Bertz CT molecular complexity index is 1410. The summed E-state index contributed by atoms with van der Waals surface area (Å²) in [6.45, 7) is 2.66. The van der Waals surface area contributed by atoms with Gasteiger partial charge in [0.05, 0.1) is 6.33 Å². The van der Waals surface area contributed by atoms with Crippen LogP contribution in [0.2, 0.25) is 0 Å². The number of amides is 1. The number of rotatable bonds is 6. The van der Waals surface area contributed by atoms with Crippen LogP contribution in [0.3, 0.4) is 0 Å². The summed E-state index contributed by atoms with van der Waals surface area (Å²) < 4.78 is 28.7.